The molecule has 1 aliphatic heterocycles. The van der Waals surface area contributed by atoms with Gasteiger partial charge in [0, 0.05) is 19.0 Å². The molecule has 2 N–H and O–H groups in total. The van der Waals surface area contributed by atoms with Crippen LogP contribution in [-0.2, 0) is 4.79 Å². The first-order chi connectivity index (χ1) is 8.58. The highest BCUT2D eigenvalue weighted by atomic mass is 16.2. The first-order valence-corrected chi connectivity index (χ1v) is 7.58. The van der Waals surface area contributed by atoms with E-state index in [4.69, 9.17) is 5.73 Å². The molecule has 3 nitrogen and oxygen atoms in total. The zero-order chi connectivity index (χ0) is 13.5. The summed E-state index contributed by atoms with van der Waals surface area (Å²) in [5.74, 6) is 1.64. The van der Waals surface area contributed by atoms with Gasteiger partial charge in [-0.25, -0.2) is 0 Å². The summed E-state index contributed by atoms with van der Waals surface area (Å²) in [6, 6.07) is 0.434. The Morgan fingerprint density at radius 2 is 2.06 bits per heavy atom. The van der Waals surface area contributed by atoms with Crippen molar-refractivity contribution in [2.45, 2.75) is 65.3 Å². The van der Waals surface area contributed by atoms with E-state index >= 15 is 0 Å². The molecule has 0 bridgehead atoms. The van der Waals surface area contributed by atoms with Crippen LogP contribution in [0, 0.1) is 11.8 Å². The van der Waals surface area contributed by atoms with Crippen molar-refractivity contribution in [3.8, 4) is 0 Å². The quantitative estimate of drug-likeness (QED) is 0.792. The van der Waals surface area contributed by atoms with Gasteiger partial charge in [-0.1, -0.05) is 20.3 Å². The molecule has 1 aliphatic rings. The van der Waals surface area contributed by atoms with E-state index in [0.29, 0.717) is 30.2 Å². The van der Waals surface area contributed by atoms with E-state index in [1.54, 1.807) is 0 Å². The van der Waals surface area contributed by atoms with E-state index in [1.807, 2.05) is 0 Å². The normalized spacial score (nSPS) is 26.1. The van der Waals surface area contributed by atoms with Crippen molar-refractivity contribution in [3.05, 3.63) is 0 Å². The van der Waals surface area contributed by atoms with Crippen LogP contribution in [0.3, 0.4) is 0 Å². The summed E-state index contributed by atoms with van der Waals surface area (Å²) in [7, 11) is 0. The van der Waals surface area contributed by atoms with Crippen molar-refractivity contribution in [1.82, 2.24) is 4.90 Å². The average molecular weight is 254 g/mol. The third kappa shape index (κ3) is 4.60. The molecule has 1 saturated heterocycles. The lowest BCUT2D eigenvalue weighted by atomic mass is 9.93. The van der Waals surface area contributed by atoms with Gasteiger partial charge in [0.15, 0.2) is 0 Å². The second-order valence-corrected chi connectivity index (χ2v) is 5.97. The number of carbonyl (C=O) groups excluding carboxylic acids is 1. The van der Waals surface area contributed by atoms with Crippen molar-refractivity contribution in [3.63, 3.8) is 0 Å². The number of nitrogens with two attached hydrogens (primary N) is 1. The molecule has 0 aromatic rings. The van der Waals surface area contributed by atoms with Gasteiger partial charge in [0.2, 0.25) is 5.91 Å². The fourth-order valence-electron chi connectivity index (χ4n) is 2.90. The Morgan fingerprint density at radius 3 is 2.67 bits per heavy atom. The van der Waals surface area contributed by atoms with E-state index in [2.05, 4.69) is 25.7 Å². The van der Waals surface area contributed by atoms with E-state index < -0.39 is 0 Å². The number of carbonyl (C=O) groups is 1. The van der Waals surface area contributed by atoms with Gasteiger partial charge >= 0.3 is 0 Å². The Kier molecular flexibility index (Phi) is 6.69. The second-order valence-electron chi connectivity index (χ2n) is 5.97. The van der Waals surface area contributed by atoms with Crippen LogP contribution in [0.4, 0.5) is 0 Å². The fraction of sp³-hybridized carbons (Fsp3) is 0.933. The molecule has 3 atom stereocenters. The summed E-state index contributed by atoms with van der Waals surface area (Å²) in [4.78, 5) is 14.4. The lowest BCUT2D eigenvalue weighted by molar-refractivity contribution is -0.135. The van der Waals surface area contributed by atoms with Crippen molar-refractivity contribution in [2.75, 3.05) is 13.1 Å². The molecule has 0 aromatic carbocycles. The predicted octanol–water partition coefficient (Wildman–Crippen LogP) is 2.79. The Bertz CT molecular complexity index is 255. The summed E-state index contributed by atoms with van der Waals surface area (Å²) in [6.07, 6.45) is 6.31. The van der Waals surface area contributed by atoms with Crippen LogP contribution < -0.4 is 5.73 Å². The number of rotatable bonds is 6. The van der Waals surface area contributed by atoms with Crippen molar-refractivity contribution < 1.29 is 4.79 Å². The van der Waals surface area contributed by atoms with Crippen LogP contribution in [0.5, 0.6) is 0 Å². The lowest BCUT2D eigenvalue weighted by Gasteiger charge is -2.37. The van der Waals surface area contributed by atoms with Gasteiger partial charge in [-0.05, 0) is 51.0 Å². The number of likely N-dealkylation sites (tertiary alicyclic amines) is 1. The SMILES string of the molecule is CCC(CCN)CCC(=O)N1CC(C)CCC1C. The standard InChI is InChI=1S/C15H30N2O/c1-4-14(9-10-16)7-8-15(18)17-11-12(2)5-6-13(17)3/h12-14H,4-11,16H2,1-3H3. The predicted molar refractivity (Wildman–Crippen MR) is 76.3 cm³/mol. The van der Waals surface area contributed by atoms with Crippen LogP contribution in [0.15, 0.2) is 0 Å². The fourth-order valence-corrected chi connectivity index (χ4v) is 2.90. The minimum atomic E-state index is 0.351. The van der Waals surface area contributed by atoms with E-state index in [9.17, 15) is 4.79 Å². The maximum atomic E-state index is 12.3. The van der Waals surface area contributed by atoms with E-state index in [-0.39, 0.29) is 0 Å². The Balaban J connectivity index is 2.39. The summed E-state index contributed by atoms with van der Waals surface area (Å²) in [5, 5.41) is 0. The van der Waals surface area contributed by atoms with Crippen LogP contribution in [0.2, 0.25) is 0 Å². The molecule has 18 heavy (non-hydrogen) atoms. The van der Waals surface area contributed by atoms with Gasteiger partial charge < -0.3 is 10.6 Å². The van der Waals surface area contributed by atoms with Crippen LogP contribution in [0.1, 0.15) is 59.3 Å². The molecule has 0 saturated carbocycles. The number of piperidine rings is 1. The van der Waals surface area contributed by atoms with Crippen molar-refractivity contribution in [2.24, 2.45) is 17.6 Å². The van der Waals surface area contributed by atoms with Gasteiger partial charge in [0.05, 0.1) is 0 Å². The van der Waals surface area contributed by atoms with Gasteiger partial charge in [0.25, 0.3) is 0 Å². The Morgan fingerprint density at radius 1 is 1.33 bits per heavy atom. The monoisotopic (exact) mass is 254 g/mol. The number of hydrogen-bond donors (Lipinski definition) is 1. The third-order valence-corrected chi connectivity index (χ3v) is 4.36. The third-order valence-electron chi connectivity index (χ3n) is 4.36. The van der Waals surface area contributed by atoms with Crippen LogP contribution in [0.25, 0.3) is 0 Å². The van der Waals surface area contributed by atoms with E-state index in [1.165, 1.54) is 6.42 Å². The first kappa shape index (κ1) is 15.5. The second kappa shape index (κ2) is 7.78. The molecule has 0 spiro atoms. The number of nitrogens with zero attached hydrogens (tertiary/aromatic N) is 1. The summed E-state index contributed by atoms with van der Waals surface area (Å²) < 4.78 is 0. The highest BCUT2D eigenvalue weighted by Gasteiger charge is 2.26. The largest absolute Gasteiger partial charge is 0.340 e. The van der Waals surface area contributed by atoms with Gasteiger partial charge in [-0.2, -0.15) is 0 Å². The van der Waals surface area contributed by atoms with Crippen molar-refractivity contribution >= 4 is 5.91 Å². The molecular weight excluding hydrogens is 224 g/mol. The molecule has 3 heteroatoms. The zero-order valence-electron chi connectivity index (χ0n) is 12.3. The maximum absolute atomic E-state index is 12.3. The highest BCUT2D eigenvalue weighted by Crippen LogP contribution is 2.23. The van der Waals surface area contributed by atoms with Crippen LogP contribution in [-0.4, -0.2) is 29.9 Å². The molecule has 3 unspecified atom stereocenters. The van der Waals surface area contributed by atoms with Crippen molar-refractivity contribution in [1.29, 1.82) is 0 Å². The highest BCUT2D eigenvalue weighted by molar-refractivity contribution is 5.76. The molecule has 106 valence electrons. The smallest absolute Gasteiger partial charge is 0.222 e. The van der Waals surface area contributed by atoms with Gasteiger partial charge in [-0.3, -0.25) is 4.79 Å². The zero-order valence-corrected chi connectivity index (χ0v) is 12.3. The van der Waals surface area contributed by atoms with Crippen LogP contribution >= 0.6 is 0 Å². The molecule has 1 heterocycles. The topological polar surface area (TPSA) is 46.3 Å². The summed E-state index contributed by atoms with van der Waals surface area (Å²) in [6.45, 7) is 8.31. The Hall–Kier alpha value is -0.570. The minimum Gasteiger partial charge on any atom is -0.340 e. The number of hydrogen-bond acceptors (Lipinski definition) is 2. The maximum Gasteiger partial charge on any atom is 0.222 e. The first-order valence-electron chi connectivity index (χ1n) is 7.58. The molecular formula is C15H30N2O. The molecule has 1 amide bonds. The Labute approximate surface area is 112 Å². The molecule has 1 fully saturated rings. The average Bonchev–Trinajstić information content (AvgIpc) is 2.37. The van der Waals surface area contributed by atoms with Gasteiger partial charge in [0.1, 0.15) is 0 Å². The molecule has 0 aromatic heterocycles. The summed E-state index contributed by atoms with van der Waals surface area (Å²) >= 11 is 0. The van der Waals surface area contributed by atoms with E-state index in [0.717, 1.165) is 38.8 Å². The molecule has 0 radical (unpaired) electrons. The number of amides is 1. The van der Waals surface area contributed by atoms with Gasteiger partial charge in [-0.15, -0.1) is 0 Å². The lowest BCUT2D eigenvalue weighted by Crippen LogP contribution is -2.44. The summed E-state index contributed by atoms with van der Waals surface area (Å²) in [5.41, 5.74) is 5.60. The minimum absolute atomic E-state index is 0.351. The molecule has 0 aliphatic carbocycles. The molecule has 1 rings (SSSR count).